The normalized spacial score (nSPS) is 12.6. The molecule has 0 N–H and O–H groups in total. The molecule has 52 heavy (non-hydrogen) atoms. The molecule has 0 aliphatic carbocycles. The highest BCUT2D eigenvalue weighted by Gasteiger charge is 2.42. The summed E-state index contributed by atoms with van der Waals surface area (Å²) in [5.74, 6) is -1.64. The third-order valence-electron chi connectivity index (χ3n) is 8.80. The molecular formula is C38H38F4N8O2. The van der Waals surface area contributed by atoms with E-state index in [1.807, 2.05) is 18.4 Å². The van der Waals surface area contributed by atoms with Gasteiger partial charge in [-0.1, -0.05) is 34.6 Å². The van der Waals surface area contributed by atoms with Crippen molar-refractivity contribution in [2.24, 2.45) is 10.8 Å². The first-order valence-corrected chi connectivity index (χ1v) is 16.7. The second-order valence-corrected chi connectivity index (χ2v) is 15.1. The second-order valence-electron chi connectivity index (χ2n) is 15.1. The number of hydrogen-bond acceptors (Lipinski definition) is 8. The molecule has 0 aliphatic rings. The van der Waals surface area contributed by atoms with Crippen LogP contribution in [0.5, 0.6) is 0 Å². The fraction of sp³-hybridized carbons (Fsp3) is 0.368. The molecule has 0 bridgehead atoms. The second kappa shape index (κ2) is 13.3. The molecule has 270 valence electrons. The quantitative estimate of drug-likeness (QED) is 0.102. The van der Waals surface area contributed by atoms with E-state index in [9.17, 15) is 22.8 Å². The van der Waals surface area contributed by atoms with Gasteiger partial charge in [0.2, 0.25) is 0 Å². The van der Waals surface area contributed by atoms with Crippen molar-refractivity contribution in [2.75, 3.05) is 0 Å². The molecular weight excluding hydrogens is 676 g/mol. The number of rotatable bonds is 10. The molecule has 0 radical (unpaired) electrons. The van der Waals surface area contributed by atoms with Crippen LogP contribution < -0.4 is 0 Å². The van der Waals surface area contributed by atoms with Gasteiger partial charge in [-0.05, 0) is 49.3 Å². The van der Waals surface area contributed by atoms with Crippen LogP contribution in [0.3, 0.4) is 0 Å². The van der Waals surface area contributed by atoms with Gasteiger partial charge in [0.1, 0.15) is 23.2 Å². The van der Waals surface area contributed by atoms with Crippen LogP contribution in [0.2, 0.25) is 0 Å². The Labute approximate surface area is 297 Å². The number of ketones is 2. The van der Waals surface area contributed by atoms with E-state index >= 15 is 4.39 Å². The maximum Gasteiger partial charge on any atom is 0.456 e. The summed E-state index contributed by atoms with van der Waals surface area (Å²) in [6.45, 7) is 14.0. The van der Waals surface area contributed by atoms with E-state index in [0.717, 1.165) is 0 Å². The number of carbonyl (C=O) groups is 2. The molecule has 0 aliphatic heterocycles. The molecule has 5 heterocycles. The largest absolute Gasteiger partial charge is 0.456 e. The maximum absolute atomic E-state index is 15.5. The molecule has 0 spiro atoms. The Morgan fingerprint density at radius 1 is 0.750 bits per heavy atom. The SMILES string of the molecule is Cc1ncc(-c2cc3c(C(=O)C(F)(F)F)nn(CC(C)(C)CCC(=O)c4cn(CC(C)(C)C)c5cc(F)c(-c6cnc(C)nc6)cc45)c3cn2)cn1. The molecule has 14 heteroatoms. The summed E-state index contributed by atoms with van der Waals surface area (Å²) in [7, 11) is 0. The zero-order valence-corrected chi connectivity index (χ0v) is 29.9. The van der Waals surface area contributed by atoms with E-state index in [2.05, 4.69) is 50.8 Å². The molecule has 10 nitrogen and oxygen atoms in total. The minimum Gasteiger partial charge on any atom is -0.346 e. The molecule has 0 amide bonds. The molecule has 5 aromatic heterocycles. The lowest BCUT2D eigenvalue weighted by molar-refractivity contribution is -0.0887. The molecule has 0 unspecified atom stereocenters. The first kappa shape index (κ1) is 36.4. The van der Waals surface area contributed by atoms with Gasteiger partial charge in [0.15, 0.2) is 5.78 Å². The number of aromatic nitrogens is 8. The van der Waals surface area contributed by atoms with Crippen LogP contribution in [-0.2, 0) is 13.1 Å². The van der Waals surface area contributed by atoms with Crippen molar-refractivity contribution >= 4 is 33.4 Å². The minimum absolute atomic E-state index is 0.00607. The van der Waals surface area contributed by atoms with Gasteiger partial charge in [-0.15, -0.1) is 0 Å². The summed E-state index contributed by atoms with van der Waals surface area (Å²) in [5.41, 5.74) is 1.20. The van der Waals surface area contributed by atoms with Crippen LogP contribution in [0.15, 0.2) is 55.4 Å². The van der Waals surface area contributed by atoms with Crippen molar-refractivity contribution in [3.8, 4) is 22.4 Å². The Balaban J connectivity index is 1.31. The Bertz CT molecular complexity index is 2320. The Hall–Kier alpha value is -5.40. The van der Waals surface area contributed by atoms with E-state index < -0.39 is 28.9 Å². The van der Waals surface area contributed by atoms with Gasteiger partial charge >= 0.3 is 6.18 Å². The van der Waals surface area contributed by atoms with Gasteiger partial charge < -0.3 is 4.57 Å². The molecule has 0 saturated carbocycles. The lowest BCUT2D eigenvalue weighted by Crippen LogP contribution is -2.25. The minimum atomic E-state index is -5.15. The van der Waals surface area contributed by atoms with Crippen LogP contribution in [0.1, 0.15) is 80.0 Å². The lowest BCUT2D eigenvalue weighted by Gasteiger charge is -2.24. The summed E-state index contributed by atoms with van der Waals surface area (Å²) in [6.07, 6.45) is 4.50. The predicted octanol–water partition coefficient (Wildman–Crippen LogP) is 8.54. The highest BCUT2D eigenvalue weighted by atomic mass is 19.4. The monoisotopic (exact) mass is 714 g/mol. The van der Waals surface area contributed by atoms with E-state index in [1.54, 1.807) is 38.5 Å². The Morgan fingerprint density at radius 3 is 1.96 bits per heavy atom. The Morgan fingerprint density at radius 2 is 1.37 bits per heavy atom. The number of alkyl halides is 3. The third kappa shape index (κ3) is 7.60. The fourth-order valence-corrected chi connectivity index (χ4v) is 6.18. The average molecular weight is 715 g/mol. The average Bonchev–Trinajstić information content (AvgIpc) is 3.59. The van der Waals surface area contributed by atoms with Gasteiger partial charge in [0.25, 0.3) is 5.78 Å². The van der Waals surface area contributed by atoms with Crippen molar-refractivity contribution in [3.63, 3.8) is 0 Å². The van der Waals surface area contributed by atoms with Crippen molar-refractivity contribution in [1.82, 2.24) is 39.3 Å². The van der Waals surface area contributed by atoms with Crippen molar-refractivity contribution in [2.45, 2.75) is 80.6 Å². The standard InChI is InChI=1S/C38H38F4N8O2/c1-21-43-13-23(14-44-21)25-10-26-28(18-49(19-36(3,4)5)31(26)12-29(25)39)33(51)8-9-37(6,7)20-50-32-17-47-30(24-15-45-22(2)46-16-24)11-27(32)34(48-50)35(52)38(40,41)42/h10-18H,8-9,19-20H2,1-7H3. The Kier molecular flexibility index (Phi) is 9.30. The summed E-state index contributed by atoms with van der Waals surface area (Å²) in [6, 6.07) is 4.48. The number of pyridine rings is 1. The summed E-state index contributed by atoms with van der Waals surface area (Å²) >= 11 is 0. The number of benzene rings is 1. The zero-order chi connectivity index (χ0) is 37.7. The molecule has 0 fully saturated rings. The summed E-state index contributed by atoms with van der Waals surface area (Å²) in [4.78, 5) is 47.6. The molecule has 0 saturated heterocycles. The first-order chi connectivity index (χ1) is 24.3. The molecule has 6 rings (SSSR count). The van der Waals surface area contributed by atoms with Crippen LogP contribution in [-0.4, -0.2) is 57.0 Å². The number of carbonyl (C=O) groups excluding carboxylic acids is 2. The predicted molar refractivity (Wildman–Crippen MR) is 188 cm³/mol. The highest BCUT2D eigenvalue weighted by Crippen LogP contribution is 2.35. The highest BCUT2D eigenvalue weighted by molar-refractivity contribution is 6.10. The van der Waals surface area contributed by atoms with Crippen molar-refractivity contribution < 1.29 is 27.2 Å². The number of nitrogens with zero attached hydrogens (tertiary/aromatic N) is 8. The maximum atomic E-state index is 15.5. The van der Waals surface area contributed by atoms with E-state index in [-0.39, 0.29) is 46.3 Å². The van der Waals surface area contributed by atoms with Gasteiger partial charge in [0, 0.05) is 83.5 Å². The van der Waals surface area contributed by atoms with Gasteiger partial charge in [-0.25, -0.2) is 24.3 Å². The van der Waals surface area contributed by atoms with Crippen molar-refractivity contribution in [1.29, 1.82) is 0 Å². The number of Topliss-reactive ketones (excluding diaryl/α,β-unsaturated/α-hetero) is 2. The lowest BCUT2D eigenvalue weighted by atomic mass is 9.86. The van der Waals surface area contributed by atoms with E-state index in [4.69, 9.17) is 0 Å². The number of halogens is 4. The molecule has 0 atom stereocenters. The fourth-order valence-electron chi connectivity index (χ4n) is 6.18. The smallest absolute Gasteiger partial charge is 0.346 e. The number of hydrogen-bond donors (Lipinski definition) is 0. The zero-order valence-electron chi connectivity index (χ0n) is 29.9. The van der Waals surface area contributed by atoms with E-state index in [0.29, 0.717) is 52.2 Å². The van der Waals surface area contributed by atoms with Gasteiger partial charge in [-0.2, -0.15) is 18.3 Å². The van der Waals surface area contributed by atoms with Crippen LogP contribution in [0.25, 0.3) is 44.2 Å². The van der Waals surface area contributed by atoms with Crippen LogP contribution >= 0.6 is 0 Å². The van der Waals surface area contributed by atoms with Gasteiger partial charge in [-0.3, -0.25) is 19.3 Å². The molecule has 6 aromatic rings. The van der Waals surface area contributed by atoms with Crippen LogP contribution in [0.4, 0.5) is 17.6 Å². The topological polar surface area (TPSA) is 121 Å². The summed E-state index contributed by atoms with van der Waals surface area (Å²) < 4.78 is 59.9. The first-order valence-electron chi connectivity index (χ1n) is 16.7. The third-order valence-corrected chi connectivity index (χ3v) is 8.80. The number of aryl methyl sites for hydroxylation is 2. The van der Waals surface area contributed by atoms with E-state index in [1.165, 1.54) is 35.4 Å². The molecule has 1 aromatic carbocycles. The van der Waals surface area contributed by atoms with Crippen LogP contribution in [0, 0.1) is 30.5 Å². The van der Waals surface area contributed by atoms with Gasteiger partial charge in [0.05, 0.1) is 22.9 Å². The summed E-state index contributed by atoms with van der Waals surface area (Å²) in [5, 5.41) is 4.74. The van der Waals surface area contributed by atoms with Crippen molar-refractivity contribution in [3.05, 3.63) is 84.1 Å². The number of fused-ring (bicyclic) bond motifs is 2.